The van der Waals surface area contributed by atoms with Gasteiger partial charge in [-0.05, 0) is 30.7 Å². The van der Waals surface area contributed by atoms with Crippen molar-refractivity contribution in [3.63, 3.8) is 0 Å². The van der Waals surface area contributed by atoms with Gasteiger partial charge in [0.25, 0.3) is 0 Å². The van der Waals surface area contributed by atoms with E-state index in [1.54, 1.807) is 12.1 Å². The van der Waals surface area contributed by atoms with Crippen LogP contribution in [0.25, 0.3) is 0 Å². The van der Waals surface area contributed by atoms with Crippen LogP contribution >= 0.6 is 0 Å². The Morgan fingerprint density at radius 1 is 1.27 bits per heavy atom. The average molecular weight is 209 g/mol. The lowest BCUT2D eigenvalue weighted by atomic mass is 10.1. The highest BCUT2D eigenvalue weighted by Crippen LogP contribution is 2.08. The number of benzene rings is 1. The van der Waals surface area contributed by atoms with Crippen LogP contribution in [0.3, 0.4) is 0 Å². The number of urea groups is 1. The van der Waals surface area contributed by atoms with Crippen molar-refractivity contribution in [3.05, 3.63) is 29.8 Å². The van der Waals surface area contributed by atoms with Crippen molar-refractivity contribution in [2.75, 3.05) is 11.9 Å². The lowest BCUT2D eigenvalue weighted by Gasteiger charge is -2.02. The van der Waals surface area contributed by atoms with Crippen LogP contribution in [0, 0.1) is 0 Å². The maximum atomic E-state index is 10.5. The molecule has 0 aliphatic heterocycles. The highest BCUT2D eigenvalue weighted by molar-refractivity contribution is 5.87. The van der Waals surface area contributed by atoms with E-state index >= 15 is 0 Å². The Morgan fingerprint density at radius 2 is 1.80 bits per heavy atom. The third-order valence-electron chi connectivity index (χ3n) is 1.65. The van der Waals surface area contributed by atoms with Gasteiger partial charge in [0.2, 0.25) is 0 Å². The number of hydrogen-bond donors (Lipinski definition) is 3. The minimum atomic E-state index is -0.549. The SMILES string of the molecule is CC.NCCc1ccc(NC(N)=O)cc1. The predicted octanol–water partition coefficient (Wildman–Crippen LogP) is 1.70. The summed E-state index contributed by atoms with van der Waals surface area (Å²) in [5.74, 6) is 0. The number of carbonyl (C=O) groups is 1. The van der Waals surface area contributed by atoms with E-state index in [-0.39, 0.29) is 0 Å². The summed E-state index contributed by atoms with van der Waals surface area (Å²) in [6.45, 7) is 4.63. The fraction of sp³-hybridized carbons (Fsp3) is 0.364. The largest absolute Gasteiger partial charge is 0.351 e. The van der Waals surface area contributed by atoms with E-state index in [0.717, 1.165) is 12.0 Å². The molecule has 0 spiro atoms. The summed E-state index contributed by atoms with van der Waals surface area (Å²) < 4.78 is 0. The van der Waals surface area contributed by atoms with Crippen LogP contribution in [0.15, 0.2) is 24.3 Å². The molecule has 15 heavy (non-hydrogen) atoms. The number of anilines is 1. The minimum absolute atomic E-state index is 0.549. The molecule has 2 amide bonds. The molecule has 84 valence electrons. The highest BCUT2D eigenvalue weighted by Gasteiger charge is 1.95. The number of nitrogens with two attached hydrogens (primary N) is 2. The molecule has 0 saturated heterocycles. The topological polar surface area (TPSA) is 81.1 Å². The van der Waals surface area contributed by atoms with Crippen molar-refractivity contribution >= 4 is 11.7 Å². The summed E-state index contributed by atoms with van der Waals surface area (Å²) in [7, 11) is 0. The summed E-state index contributed by atoms with van der Waals surface area (Å²) in [6, 6.07) is 6.88. The average Bonchev–Trinajstić information content (AvgIpc) is 2.24. The minimum Gasteiger partial charge on any atom is -0.351 e. The summed E-state index contributed by atoms with van der Waals surface area (Å²) in [4.78, 5) is 10.5. The van der Waals surface area contributed by atoms with E-state index in [0.29, 0.717) is 12.2 Å². The molecule has 1 rings (SSSR count). The first kappa shape index (κ1) is 13.4. The molecule has 0 atom stereocenters. The van der Waals surface area contributed by atoms with Gasteiger partial charge in [-0.2, -0.15) is 0 Å². The number of carbonyl (C=O) groups excluding carboxylic acids is 1. The zero-order valence-electron chi connectivity index (χ0n) is 9.29. The number of amides is 2. The fourth-order valence-electron chi connectivity index (χ4n) is 1.06. The third-order valence-corrected chi connectivity index (χ3v) is 1.65. The Morgan fingerprint density at radius 3 is 2.20 bits per heavy atom. The van der Waals surface area contributed by atoms with Gasteiger partial charge in [-0.15, -0.1) is 0 Å². The second-order valence-electron chi connectivity index (χ2n) is 2.72. The van der Waals surface area contributed by atoms with E-state index in [2.05, 4.69) is 5.32 Å². The second kappa shape index (κ2) is 7.82. The second-order valence-corrected chi connectivity index (χ2v) is 2.72. The summed E-state index contributed by atoms with van der Waals surface area (Å²) in [6.07, 6.45) is 0.844. The molecule has 0 unspecified atom stereocenters. The van der Waals surface area contributed by atoms with Crippen LogP contribution in [0.2, 0.25) is 0 Å². The monoisotopic (exact) mass is 209 g/mol. The van der Waals surface area contributed by atoms with Crippen molar-refractivity contribution in [1.82, 2.24) is 0 Å². The maximum absolute atomic E-state index is 10.5. The molecule has 0 aromatic heterocycles. The zero-order valence-corrected chi connectivity index (χ0v) is 9.29. The molecule has 0 saturated carbocycles. The maximum Gasteiger partial charge on any atom is 0.316 e. The number of rotatable bonds is 3. The van der Waals surface area contributed by atoms with Gasteiger partial charge in [0, 0.05) is 5.69 Å². The standard InChI is InChI=1S/C9H13N3O.C2H6/c10-6-5-7-1-3-8(4-2-7)12-9(11)13;1-2/h1-4H,5-6,10H2,(H3,11,12,13);1-2H3. The van der Waals surface area contributed by atoms with Crippen LogP contribution in [0.5, 0.6) is 0 Å². The van der Waals surface area contributed by atoms with E-state index in [1.807, 2.05) is 26.0 Å². The normalized spacial score (nSPS) is 8.73. The Kier molecular flexibility index (Phi) is 7.01. The Bertz CT molecular complexity index is 282. The lowest BCUT2D eigenvalue weighted by Crippen LogP contribution is -2.19. The first-order chi connectivity index (χ1) is 7.22. The molecule has 0 aliphatic carbocycles. The Hall–Kier alpha value is -1.55. The van der Waals surface area contributed by atoms with E-state index in [9.17, 15) is 4.79 Å². The number of hydrogen-bond acceptors (Lipinski definition) is 2. The molecule has 0 aliphatic rings. The van der Waals surface area contributed by atoms with Crippen LogP contribution in [-0.2, 0) is 6.42 Å². The van der Waals surface area contributed by atoms with Gasteiger partial charge in [0.1, 0.15) is 0 Å². The van der Waals surface area contributed by atoms with Gasteiger partial charge in [0.15, 0.2) is 0 Å². The Balaban J connectivity index is 0.000000921. The van der Waals surface area contributed by atoms with Crippen molar-refractivity contribution < 1.29 is 4.79 Å². The smallest absolute Gasteiger partial charge is 0.316 e. The van der Waals surface area contributed by atoms with Crippen molar-refractivity contribution in [1.29, 1.82) is 0 Å². The molecular weight excluding hydrogens is 190 g/mol. The zero-order chi connectivity index (χ0) is 11.7. The van der Waals surface area contributed by atoms with Crippen LogP contribution in [-0.4, -0.2) is 12.6 Å². The first-order valence-corrected chi connectivity index (χ1v) is 5.08. The van der Waals surface area contributed by atoms with Gasteiger partial charge in [-0.1, -0.05) is 26.0 Å². The lowest BCUT2D eigenvalue weighted by molar-refractivity contribution is 0.259. The van der Waals surface area contributed by atoms with Gasteiger partial charge < -0.3 is 16.8 Å². The summed E-state index contributed by atoms with van der Waals surface area (Å²) in [5, 5.41) is 2.48. The number of primary amides is 1. The molecule has 1 aromatic rings. The van der Waals surface area contributed by atoms with Crippen LogP contribution in [0.4, 0.5) is 10.5 Å². The van der Waals surface area contributed by atoms with E-state index in [1.165, 1.54) is 0 Å². The Labute approximate surface area is 90.7 Å². The van der Waals surface area contributed by atoms with Gasteiger partial charge in [-0.3, -0.25) is 0 Å². The molecule has 0 fully saturated rings. The summed E-state index contributed by atoms with van der Waals surface area (Å²) >= 11 is 0. The van der Waals surface area contributed by atoms with Crippen molar-refractivity contribution in [2.45, 2.75) is 20.3 Å². The molecule has 0 radical (unpaired) electrons. The van der Waals surface area contributed by atoms with E-state index in [4.69, 9.17) is 11.5 Å². The highest BCUT2D eigenvalue weighted by atomic mass is 16.2. The molecule has 0 bridgehead atoms. The molecule has 4 heteroatoms. The van der Waals surface area contributed by atoms with Crippen LogP contribution < -0.4 is 16.8 Å². The summed E-state index contributed by atoms with van der Waals surface area (Å²) in [5.41, 5.74) is 12.2. The number of nitrogens with one attached hydrogen (secondary N) is 1. The van der Waals surface area contributed by atoms with Gasteiger partial charge >= 0.3 is 6.03 Å². The van der Waals surface area contributed by atoms with Gasteiger partial charge in [0.05, 0.1) is 0 Å². The van der Waals surface area contributed by atoms with E-state index < -0.39 is 6.03 Å². The molecular formula is C11H19N3O. The van der Waals surface area contributed by atoms with Crippen molar-refractivity contribution in [2.24, 2.45) is 11.5 Å². The molecule has 0 heterocycles. The van der Waals surface area contributed by atoms with Crippen molar-refractivity contribution in [3.8, 4) is 0 Å². The van der Waals surface area contributed by atoms with Gasteiger partial charge in [-0.25, -0.2) is 4.79 Å². The molecule has 5 N–H and O–H groups in total. The quantitative estimate of drug-likeness (QED) is 0.708. The molecule has 1 aromatic carbocycles. The third kappa shape index (κ3) is 5.70. The first-order valence-electron chi connectivity index (χ1n) is 5.08. The fourth-order valence-corrected chi connectivity index (χ4v) is 1.06. The van der Waals surface area contributed by atoms with Crippen LogP contribution in [0.1, 0.15) is 19.4 Å². The molecule has 4 nitrogen and oxygen atoms in total. The predicted molar refractivity (Wildman–Crippen MR) is 63.8 cm³/mol.